The highest BCUT2D eigenvalue weighted by molar-refractivity contribution is 5.65. The Kier molecular flexibility index (Phi) is 7.10. The van der Waals surface area contributed by atoms with Crippen LogP contribution in [0.25, 0.3) is 0 Å². The molecule has 0 aliphatic carbocycles. The molecule has 1 aromatic carbocycles. The van der Waals surface area contributed by atoms with Gasteiger partial charge < -0.3 is 19.8 Å². The monoisotopic (exact) mass is 319 g/mol. The first-order valence-corrected chi connectivity index (χ1v) is 8.09. The Morgan fingerprint density at radius 3 is 2.65 bits per heavy atom. The number of allylic oxidation sites excluding steroid dienone is 1. The predicted molar refractivity (Wildman–Crippen MR) is 88.2 cm³/mol. The second kappa shape index (κ2) is 9.33. The second-order valence-electron chi connectivity index (χ2n) is 5.93. The highest BCUT2D eigenvalue weighted by atomic mass is 16.5. The molecule has 1 aliphatic heterocycles. The van der Waals surface area contributed by atoms with Gasteiger partial charge in [-0.05, 0) is 30.7 Å². The fraction of sp³-hybridized carbons (Fsp3) is 0.500. The Morgan fingerprint density at radius 2 is 2.00 bits per heavy atom. The van der Waals surface area contributed by atoms with E-state index in [1.807, 2.05) is 36.4 Å². The number of carboxylic acid groups (broad SMARTS) is 1. The van der Waals surface area contributed by atoms with Crippen molar-refractivity contribution < 1.29 is 19.7 Å². The number of piperidine rings is 1. The molecule has 1 fully saturated rings. The van der Waals surface area contributed by atoms with Crippen LogP contribution in [0.15, 0.2) is 42.5 Å². The lowest BCUT2D eigenvalue weighted by molar-refractivity contribution is 0.0300. The number of hydrogen-bond donors (Lipinski definition) is 2. The zero-order chi connectivity index (χ0) is 16.5. The molecule has 0 bridgehead atoms. The number of amides is 1. The van der Waals surface area contributed by atoms with Gasteiger partial charge >= 0.3 is 6.09 Å². The van der Waals surface area contributed by atoms with Gasteiger partial charge in [-0.25, -0.2) is 4.79 Å². The van der Waals surface area contributed by atoms with Gasteiger partial charge in [0.05, 0.1) is 19.3 Å². The van der Waals surface area contributed by atoms with Crippen molar-refractivity contribution >= 4 is 6.09 Å². The average molecular weight is 319 g/mol. The van der Waals surface area contributed by atoms with Crippen LogP contribution in [-0.4, -0.2) is 47.0 Å². The van der Waals surface area contributed by atoms with Crippen molar-refractivity contribution in [1.29, 1.82) is 0 Å². The van der Waals surface area contributed by atoms with E-state index in [9.17, 15) is 9.90 Å². The molecule has 1 aliphatic rings. The van der Waals surface area contributed by atoms with Gasteiger partial charge in [-0.2, -0.15) is 0 Å². The van der Waals surface area contributed by atoms with Crippen LogP contribution in [0.4, 0.5) is 4.79 Å². The molecule has 0 spiro atoms. The first-order chi connectivity index (χ1) is 11.1. The summed E-state index contributed by atoms with van der Waals surface area (Å²) in [7, 11) is 0. The molecule has 126 valence electrons. The summed E-state index contributed by atoms with van der Waals surface area (Å²) in [4.78, 5) is 12.3. The summed E-state index contributed by atoms with van der Waals surface area (Å²) >= 11 is 0. The fourth-order valence-electron chi connectivity index (χ4n) is 2.67. The van der Waals surface area contributed by atoms with E-state index in [1.54, 1.807) is 0 Å². The lowest BCUT2D eigenvalue weighted by atomic mass is 9.96. The largest absolute Gasteiger partial charge is 0.465 e. The van der Waals surface area contributed by atoms with E-state index in [0.29, 0.717) is 38.6 Å². The quantitative estimate of drug-likeness (QED) is 0.758. The summed E-state index contributed by atoms with van der Waals surface area (Å²) < 4.78 is 5.51. The van der Waals surface area contributed by atoms with Gasteiger partial charge in [-0.1, -0.05) is 42.5 Å². The molecule has 2 rings (SSSR count). The van der Waals surface area contributed by atoms with E-state index in [4.69, 9.17) is 9.84 Å². The molecule has 0 saturated carbocycles. The highest BCUT2D eigenvalue weighted by Crippen LogP contribution is 2.18. The zero-order valence-electron chi connectivity index (χ0n) is 13.3. The van der Waals surface area contributed by atoms with Crippen LogP contribution in [0.5, 0.6) is 0 Å². The van der Waals surface area contributed by atoms with Crippen molar-refractivity contribution in [3.05, 3.63) is 48.0 Å². The standard InChI is InChI=1S/C18H25NO4/c20-17(14-23-13-16-5-2-1-3-6-16)8-4-7-15-9-11-19(12-10-15)18(21)22/h1-7,15,17,20H,8-14H2,(H,21,22)/b7-4-/t17-/m1/s1. The van der Waals surface area contributed by atoms with Crippen molar-refractivity contribution in [3.63, 3.8) is 0 Å². The van der Waals surface area contributed by atoms with Gasteiger partial charge in [0.25, 0.3) is 0 Å². The molecule has 1 saturated heterocycles. The van der Waals surface area contributed by atoms with Crippen molar-refractivity contribution in [2.45, 2.75) is 32.0 Å². The normalized spacial score (nSPS) is 17.5. The molecule has 5 nitrogen and oxygen atoms in total. The SMILES string of the molecule is O=C(O)N1CCC(/C=C\C[C@@H](O)COCc2ccccc2)CC1. The van der Waals surface area contributed by atoms with Gasteiger partial charge in [0.1, 0.15) is 0 Å². The summed E-state index contributed by atoms with van der Waals surface area (Å²) in [6.45, 7) is 2.01. The number of carbonyl (C=O) groups is 1. The molecule has 0 radical (unpaired) electrons. The number of ether oxygens (including phenoxy) is 1. The Hall–Kier alpha value is -1.85. The topological polar surface area (TPSA) is 70.0 Å². The summed E-state index contributed by atoms with van der Waals surface area (Å²) in [6, 6.07) is 9.89. The molecule has 1 amide bonds. The minimum absolute atomic E-state index is 0.316. The molecular formula is C18H25NO4. The lowest BCUT2D eigenvalue weighted by Gasteiger charge is -2.28. The van der Waals surface area contributed by atoms with Crippen molar-refractivity contribution in [2.75, 3.05) is 19.7 Å². The Bertz CT molecular complexity index is 495. The van der Waals surface area contributed by atoms with E-state index in [1.165, 1.54) is 4.90 Å². The first kappa shape index (κ1) is 17.5. The number of likely N-dealkylation sites (tertiary alicyclic amines) is 1. The smallest absolute Gasteiger partial charge is 0.407 e. The van der Waals surface area contributed by atoms with E-state index in [2.05, 4.69) is 6.08 Å². The maximum atomic E-state index is 10.8. The van der Waals surface area contributed by atoms with Crippen molar-refractivity contribution in [3.8, 4) is 0 Å². The Labute approximate surface area is 137 Å². The van der Waals surface area contributed by atoms with Crippen LogP contribution in [0, 0.1) is 5.92 Å². The number of aliphatic hydroxyl groups excluding tert-OH is 1. The predicted octanol–water partition coefficient (Wildman–Crippen LogP) is 2.90. The van der Waals surface area contributed by atoms with Crippen LogP contribution in [0.3, 0.4) is 0 Å². The highest BCUT2D eigenvalue weighted by Gasteiger charge is 2.20. The summed E-state index contributed by atoms with van der Waals surface area (Å²) in [5.41, 5.74) is 1.10. The number of benzene rings is 1. The summed E-state index contributed by atoms with van der Waals surface area (Å²) in [5, 5.41) is 18.8. The fourth-order valence-corrected chi connectivity index (χ4v) is 2.67. The average Bonchev–Trinajstić information content (AvgIpc) is 2.56. The summed E-state index contributed by atoms with van der Waals surface area (Å²) in [5.74, 6) is 0.406. The molecule has 23 heavy (non-hydrogen) atoms. The maximum Gasteiger partial charge on any atom is 0.407 e. The number of aliphatic hydroxyl groups is 1. The number of hydrogen-bond acceptors (Lipinski definition) is 3. The molecular weight excluding hydrogens is 294 g/mol. The van der Waals surface area contributed by atoms with Crippen LogP contribution < -0.4 is 0 Å². The van der Waals surface area contributed by atoms with Gasteiger partial charge in [0.2, 0.25) is 0 Å². The van der Waals surface area contributed by atoms with Gasteiger partial charge in [0, 0.05) is 13.1 Å². The molecule has 2 N–H and O–H groups in total. The van der Waals surface area contributed by atoms with Crippen molar-refractivity contribution in [2.24, 2.45) is 5.92 Å². The third-order valence-electron chi connectivity index (χ3n) is 4.05. The summed E-state index contributed by atoms with van der Waals surface area (Å²) in [6.07, 6.45) is 5.00. The minimum Gasteiger partial charge on any atom is -0.465 e. The van der Waals surface area contributed by atoms with Crippen LogP contribution in [-0.2, 0) is 11.3 Å². The molecule has 1 aromatic rings. The van der Waals surface area contributed by atoms with Gasteiger partial charge in [-0.15, -0.1) is 0 Å². The molecule has 5 heteroatoms. The van der Waals surface area contributed by atoms with Crippen LogP contribution in [0.2, 0.25) is 0 Å². The third-order valence-corrected chi connectivity index (χ3v) is 4.05. The second-order valence-corrected chi connectivity index (χ2v) is 5.93. The van der Waals surface area contributed by atoms with E-state index >= 15 is 0 Å². The van der Waals surface area contributed by atoms with E-state index < -0.39 is 12.2 Å². The van der Waals surface area contributed by atoms with Crippen molar-refractivity contribution in [1.82, 2.24) is 4.90 Å². The first-order valence-electron chi connectivity index (χ1n) is 8.09. The van der Waals surface area contributed by atoms with E-state index in [0.717, 1.165) is 18.4 Å². The minimum atomic E-state index is -0.835. The maximum absolute atomic E-state index is 10.8. The Balaban J connectivity index is 1.59. The lowest BCUT2D eigenvalue weighted by Crippen LogP contribution is -2.37. The van der Waals surface area contributed by atoms with Crippen LogP contribution >= 0.6 is 0 Å². The van der Waals surface area contributed by atoms with E-state index in [-0.39, 0.29) is 0 Å². The number of rotatable bonds is 7. The van der Waals surface area contributed by atoms with Gasteiger partial charge in [-0.3, -0.25) is 0 Å². The molecule has 1 atom stereocenters. The number of nitrogens with zero attached hydrogens (tertiary/aromatic N) is 1. The van der Waals surface area contributed by atoms with Gasteiger partial charge in [0.15, 0.2) is 0 Å². The molecule has 0 aromatic heterocycles. The Morgan fingerprint density at radius 1 is 1.30 bits per heavy atom. The third kappa shape index (κ3) is 6.42. The molecule has 0 unspecified atom stereocenters. The van der Waals surface area contributed by atoms with Crippen LogP contribution in [0.1, 0.15) is 24.8 Å². The molecule has 1 heterocycles. The zero-order valence-corrected chi connectivity index (χ0v) is 13.3.